The van der Waals surface area contributed by atoms with Crippen molar-refractivity contribution in [2.24, 2.45) is 0 Å². The molecule has 1 amide bonds. The molecule has 8 nitrogen and oxygen atoms in total. The Morgan fingerprint density at radius 2 is 1.68 bits per heavy atom. The van der Waals surface area contributed by atoms with Crippen LogP contribution in [0.3, 0.4) is 0 Å². The maximum atomic E-state index is 12.1. The number of nitrogens with one attached hydrogen (secondary N) is 2. The summed E-state index contributed by atoms with van der Waals surface area (Å²) in [5.41, 5.74) is 4.73. The van der Waals surface area contributed by atoms with E-state index in [-0.39, 0.29) is 13.0 Å². The van der Waals surface area contributed by atoms with Crippen LogP contribution in [0.2, 0.25) is 0 Å². The number of aliphatic carboxylic acids is 1. The van der Waals surface area contributed by atoms with Crippen molar-refractivity contribution in [3.8, 4) is 0 Å². The van der Waals surface area contributed by atoms with Gasteiger partial charge in [0.15, 0.2) is 0 Å². The Balaban J connectivity index is 1.67. The Morgan fingerprint density at radius 3 is 2.32 bits per heavy atom. The molecule has 0 atom stereocenters. The van der Waals surface area contributed by atoms with Crippen molar-refractivity contribution in [2.45, 2.75) is 45.8 Å². The van der Waals surface area contributed by atoms with Crippen LogP contribution < -0.4 is 10.6 Å². The summed E-state index contributed by atoms with van der Waals surface area (Å²) >= 11 is 0. The average Bonchev–Trinajstić information content (AvgIpc) is 2.82. The molecule has 3 rings (SSSR count). The van der Waals surface area contributed by atoms with E-state index in [0.29, 0.717) is 36.5 Å². The minimum Gasteiger partial charge on any atom is -0.481 e. The number of hydrogen-bond donors (Lipinski definition) is 3. The molecular weight excluding hydrogens is 432 g/mol. The first-order chi connectivity index (χ1) is 16.5. The minimum absolute atomic E-state index is 0.0899. The molecule has 178 valence electrons. The maximum absolute atomic E-state index is 12.1. The number of aryl methyl sites for hydroxylation is 1. The van der Waals surface area contributed by atoms with Gasteiger partial charge in [0.25, 0.3) is 0 Å². The molecule has 0 spiro atoms. The predicted molar refractivity (Wildman–Crippen MR) is 130 cm³/mol. The van der Waals surface area contributed by atoms with Gasteiger partial charge in [-0.3, -0.25) is 10.1 Å². The zero-order valence-corrected chi connectivity index (χ0v) is 19.5. The van der Waals surface area contributed by atoms with Crippen molar-refractivity contribution in [1.29, 1.82) is 0 Å². The molecule has 0 aliphatic carbocycles. The van der Waals surface area contributed by atoms with E-state index in [2.05, 4.69) is 20.6 Å². The van der Waals surface area contributed by atoms with E-state index in [9.17, 15) is 14.7 Å². The third-order valence-electron chi connectivity index (χ3n) is 5.16. The second-order valence-corrected chi connectivity index (χ2v) is 7.92. The largest absolute Gasteiger partial charge is 0.481 e. The van der Waals surface area contributed by atoms with Crippen LogP contribution in [-0.2, 0) is 41.9 Å². The van der Waals surface area contributed by atoms with Crippen molar-refractivity contribution in [2.75, 3.05) is 12.4 Å². The fraction of sp³-hybridized carbons (Fsp3) is 0.308. The summed E-state index contributed by atoms with van der Waals surface area (Å²) in [7, 11) is 1.81. The summed E-state index contributed by atoms with van der Waals surface area (Å²) in [6, 6.07) is 16.9. The van der Waals surface area contributed by atoms with Gasteiger partial charge in [0.05, 0.1) is 12.1 Å². The third kappa shape index (κ3) is 7.38. The lowest BCUT2D eigenvalue weighted by molar-refractivity contribution is -0.136. The van der Waals surface area contributed by atoms with E-state index < -0.39 is 12.1 Å². The fourth-order valence-corrected chi connectivity index (χ4v) is 3.60. The lowest BCUT2D eigenvalue weighted by Gasteiger charge is -2.14. The smallest absolute Gasteiger partial charge is 0.411 e. The number of benzene rings is 2. The number of nitrogens with zero attached hydrogens (tertiary/aromatic N) is 2. The summed E-state index contributed by atoms with van der Waals surface area (Å²) < 4.78 is 5.25. The Morgan fingerprint density at radius 1 is 0.971 bits per heavy atom. The topological polar surface area (TPSA) is 113 Å². The number of carbonyl (C=O) groups is 2. The molecule has 0 unspecified atom stereocenters. The van der Waals surface area contributed by atoms with Crippen LogP contribution >= 0.6 is 0 Å². The molecule has 0 aliphatic heterocycles. The number of rotatable bonds is 11. The van der Waals surface area contributed by atoms with Crippen LogP contribution in [0, 0.1) is 0 Å². The van der Waals surface area contributed by atoms with Crippen LogP contribution in [0.1, 0.15) is 47.2 Å². The molecule has 8 heteroatoms. The summed E-state index contributed by atoms with van der Waals surface area (Å²) in [5, 5.41) is 15.1. The number of carbonyl (C=O) groups excluding carboxylic acids is 1. The van der Waals surface area contributed by atoms with Crippen molar-refractivity contribution in [3.05, 3.63) is 88.5 Å². The molecule has 0 aliphatic rings. The van der Waals surface area contributed by atoms with Gasteiger partial charge in [-0.15, -0.1) is 0 Å². The second-order valence-electron chi connectivity index (χ2n) is 7.92. The molecule has 0 fully saturated rings. The molecule has 0 bridgehead atoms. The quantitative estimate of drug-likeness (QED) is 0.393. The first-order valence-corrected chi connectivity index (χ1v) is 11.3. The average molecular weight is 463 g/mol. The zero-order valence-electron chi connectivity index (χ0n) is 19.5. The SMILES string of the molecule is CCCc1nc(Cc2ccc(NC(=O)OCc3ccccc3)cc2)nc(CNC)c1CC(=O)O. The van der Waals surface area contributed by atoms with Gasteiger partial charge in [-0.2, -0.15) is 0 Å². The number of carboxylic acid groups (broad SMARTS) is 1. The number of amides is 1. The lowest BCUT2D eigenvalue weighted by atomic mass is 10.0. The van der Waals surface area contributed by atoms with Crippen molar-refractivity contribution in [3.63, 3.8) is 0 Å². The number of ether oxygens (including phenoxy) is 1. The molecular formula is C26H30N4O4. The molecule has 1 heterocycles. The number of hydrogen-bond acceptors (Lipinski definition) is 6. The highest BCUT2D eigenvalue weighted by atomic mass is 16.5. The zero-order chi connectivity index (χ0) is 24.3. The van der Waals surface area contributed by atoms with Crippen LogP contribution in [-0.4, -0.2) is 34.2 Å². The first kappa shape index (κ1) is 24.9. The van der Waals surface area contributed by atoms with Crippen LogP contribution in [0.25, 0.3) is 0 Å². The highest BCUT2D eigenvalue weighted by molar-refractivity contribution is 5.84. The maximum Gasteiger partial charge on any atom is 0.411 e. The van der Waals surface area contributed by atoms with Crippen molar-refractivity contribution >= 4 is 17.7 Å². The van der Waals surface area contributed by atoms with E-state index in [1.54, 1.807) is 12.1 Å². The molecule has 0 radical (unpaired) electrons. The molecule has 1 aromatic heterocycles. The highest BCUT2D eigenvalue weighted by Gasteiger charge is 2.16. The van der Waals surface area contributed by atoms with Crippen molar-refractivity contribution in [1.82, 2.24) is 15.3 Å². The Hall–Kier alpha value is -3.78. The normalized spacial score (nSPS) is 10.6. The van der Waals surface area contributed by atoms with E-state index >= 15 is 0 Å². The van der Waals surface area contributed by atoms with E-state index in [4.69, 9.17) is 4.74 Å². The van der Waals surface area contributed by atoms with Gasteiger partial charge < -0.3 is 15.2 Å². The van der Waals surface area contributed by atoms with Crippen LogP contribution in [0.5, 0.6) is 0 Å². The Labute approximate surface area is 199 Å². The summed E-state index contributed by atoms with van der Waals surface area (Å²) in [6.45, 7) is 2.72. The third-order valence-corrected chi connectivity index (χ3v) is 5.16. The summed E-state index contributed by atoms with van der Waals surface area (Å²) in [5.74, 6) is -0.248. The highest BCUT2D eigenvalue weighted by Crippen LogP contribution is 2.18. The first-order valence-electron chi connectivity index (χ1n) is 11.3. The number of carboxylic acids is 1. The van der Waals surface area contributed by atoms with E-state index in [1.165, 1.54) is 0 Å². The summed E-state index contributed by atoms with van der Waals surface area (Å²) in [6.07, 6.45) is 1.45. The molecule has 34 heavy (non-hydrogen) atoms. The standard InChI is InChI=1S/C26H30N4O4/c1-3-7-22-21(15-25(31)32)23(16-27-2)30-24(29-22)14-18-10-12-20(13-11-18)28-26(33)34-17-19-8-5-4-6-9-19/h4-6,8-13,27H,3,7,14-17H2,1-2H3,(H,28,33)(H,31,32). The van der Waals surface area contributed by atoms with E-state index in [1.807, 2.05) is 56.4 Å². The lowest BCUT2D eigenvalue weighted by Crippen LogP contribution is -2.18. The number of aromatic nitrogens is 2. The van der Waals surface area contributed by atoms with Gasteiger partial charge in [-0.25, -0.2) is 14.8 Å². The van der Waals surface area contributed by atoms with Gasteiger partial charge in [0.1, 0.15) is 12.4 Å². The predicted octanol–water partition coefficient (Wildman–Crippen LogP) is 4.12. The fourth-order valence-electron chi connectivity index (χ4n) is 3.60. The van der Waals surface area contributed by atoms with Crippen molar-refractivity contribution < 1.29 is 19.4 Å². The minimum atomic E-state index is -0.892. The van der Waals surface area contributed by atoms with Gasteiger partial charge in [-0.05, 0) is 36.7 Å². The second kappa shape index (κ2) is 12.5. The Bertz CT molecular complexity index is 1070. The van der Waals surface area contributed by atoms with Gasteiger partial charge in [0, 0.05) is 29.9 Å². The monoisotopic (exact) mass is 462 g/mol. The van der Waals surface area contributed by atoms with Crippen LogP contribution in [0.15, 0.2) is 54.6 Å². The van der Waals surface area contributed by atoms with Crippen LogP contribution in [0.4, 0.5) is 10.5 Å². The summed E-state index contributed by atoms with van der Waals surface area (Å²) in [4.78, 5) is 32.8. The van der Waals surface area contributed by atoms with E-state index in [0.717, 1.165) is 28.9 Å². The van der Waals surface area contributed by atoms with Gasteiger partial charge in [0.2, 0.25) is 0 Å². The molecule has 0 saturated heterocycles. The molecule has 2 aromatic carbocycles. The van der Waals surface area contributed by atoms with Gasteiger partial charge >= 0.3 is 12.1 Å². The molecule has 0 saturated carbocycles. The molecule has 3 aromatic rings. The molecule has 3 N–H and O–H groups in total. The van der Waals surface area contributed by atoms with Gasteiger partial charge in [-0.1, -0.05) is 55.8 Å². The number of anilines is 1. The Kier molecular flexibility index (Phi) is 9.11.